The zero-order valence-electron chi connectivity index (χ0n) is 8.21. The van der Waals surface area contributed by atoms with Crippen LogP contribution in [-0.4, -0.2) is 28.1 Å². The molecule has 2 aromatic heterocycles. The molecule has 5 nitrogen and oxygen atoms in total. The van der Waals surface area contributed by atoms with Crippen LogP contribution in [0.1, 0.15) is 10.4 Å². The van der Waals surface area contributed by atoms with Gasteiger partial charge in [0.25, 0.3) is 5.91 Å². The lowest BCUT2D eigenvalue weighted by Gasteiger charge is -2.15. The van der Waals surface area contributed by atoms with Crippen molar-refractivity contribution in [2.24, 2.45) is 0 Å². The van der Waals surface area contributed by atoms with Gasteiger partial charge in [0.2, 0.25) is 0 Å². The fourth-order valence-electron chi connectivity index (χ4n) is 1.23. The number of carbonyl (C=O) groups excluding carboxylic acids is 1. The minimum absolute atomic E-state index is 0.114. The molecule has 0 spiro atoms. The molecule has 1 amide bonds. The van der Waals surface area contributed by atoms with E-state index in [1.807, 2.05) is 6.07 Å². The van der Waals surface area contributed by atoms with Crippen LogP contribution in [-0.2, 0) is 0 Å². The maximum atomic E-state index is 11.8. The molecule has 0 unspecified atom stereocenters. The second kappa shape index (κ2) is 3.91. The van der Waals surface area contributed by atoms with Crippen LogP contribution in [0.15, 0.2) is 36.9 Å². The predicted molar refractivity (Wildman–Crippen MR) is 55.6 cm³/mol. The first-order chi connectivity index (χ1) is 7.29. The van der Waals surface area contributed by atoms with Crippen LogP contribution in [0.3, 0.4) is 0 Å². The van der Waals surface area contributed by atoms with E-state index in [9.17, 15) is 4.79 Å². The topological polar surface area (TPSA) is 61.9 Å². The number of nitrogens with one attached hydrogen (secondary N) is 1. The van der Waals surface area contributed by atoms with E-state index in [4.69, 9.17) is 0 Å². The molecule has 0 bridgehead atoms. The zero-order valence-corrected chi connectivity index (χ0v) is 8.21. The molecule has 0 aliphatic rings. The molecule has 1 N–H and O–H groups in total. The maximum Gasteiger partial charge on any atom is 0.261 e. The van der Waals surface area contributed by atoms with Gasteiger partial charge in [0.1, 0.15) is 0 Å². The summed E-state index contributed by atoms with van der Waals surface area (Å²) in [5.74, 6) is -0.114. The first-order valence-corrected chi connectivity index (χ1v) is 4.46. The van der Waals surface area contributed by atoms with Gasteiger partial charge in [-0.05, 0) is 12.1 Å². The van der Waals surface area contributed by atoms with Crippen molar-refractivity contribution >= 4 is 11.6 Å². The highest BCUT2D eigenvalue weighted by molar-refractivity contribution is 6.05. The summed E-state index contributed by atoms with van der Waals surface area (Å²) in [5.41, 5.74) is 1.28. The van der Waals surface area contributed by atoms with E-state index in [2.05, 4.69) is 15.2 Å². The highest BCUT2D eigenvalue weighted by atomic mass is 16.2. The van der Waals surface area contributed by atoms with Crippen LogP contribution in [0.5, 0.6) is 0 Å². The van der Waals surface area contributed by atoms with Crippen molar-refractivity contribution < 1.29 is 4.79 Å². The Morgan fingerprint density at radius 1 is 1.47 bits per heavy atom. The van der Waals surface area contributed by atoms with E-state index in [0.717, 1.165) is 5.69 Å². The number of aromatic nitrogens is 3. The van der Waals surface area contributed by atoms with Gasteiger partial charge in [-0.2, -0.15) is 5.10 Å². The molecule has 0 radical (unpaired) electrons. The summed E-state index contributed by atoms with van der Waals surface area (Å²) in [4.78, 5) is 17.3. The van der Waals surface area contributed by atoms with Crippen molar-refractivity contribution in [3.05, 3.63) is 42.5 Å². The van der Waals surface area contributed by atoms with E-state index < -0.39 is 0 Å². The summed E-state index contributed by atoms with van der Waals surface area (Å²) in [5, 5.41) is 6.34. The lowest BCUT2D eigenvalue weighted by Crippen LogP contribution is -2.25. The minimum Gasteiger partial charge on any atom is -0.310 e. The second-order valence-electron chi connectivity index (χ2n) is 3.06. The number of nitrogens with zero attached hydrogens (tertiary/aromatic N) is 3. The number of hydrogen-bond acceptors (Lipinski definition) is 3. The molecule has 5 heteroatoms. The summed E-state index contributed by atoms with van der Waals surface area (Å²) >= 11 is 0. The lowest BCUT2D eigenvalue weighted by molar-refractivity contribution is 0.0993. The van der Waals surface area contributed by atoms with Gasteiger partial charge >= 0.3 is 0 Å². The summed E-state index contributed by atoms with van der Waals surface area (Å²) in [6, 6.07) is 3.61. The predicted octanol–water partition coefficient (Wildman–Crippen LogP) is 1.08. The highest BCUT2D eigenvalue weighted by Gasteiger charge is 2.13. The number of rotatable bonds is 2. The van der Waals surface area contributed by atoms with E-state index >= 15 is 0 Å². The first-order valence-electron chi connectivity index (χ1n) is 4.46. The Morgan fingerprint density at radius 2 is 2.33 bits per heavy atom. The van der Waals surface area contributed by atoms with Crippen molar-refractivity contribution in [3.8, 4) is 0 Å². The molecule has 0 fully saturated rings. The molecule has 0 aliphatic heterocycles. The number of H-pyrrole nitrogens is 1. The van der Waals surface area contributed by atoms with E-state index in [1.54, 1.807) is 31.7 Å². The van der Waals surface area contributed by atoms with E-state index in [1.165, 1.54) is 11.1 Å². The molecular weight excluding hydrogens is 192 g/mol. The molecule has 0 aromatic carbocycles. The number of aromatic amines is 1. The quantitative estimate of drug-likeness (QED) is 0.792. The molecule has 0 atom stereocenters. The van der Waals surface area contributed by atoms with Crippen molar-refractivity contribution in [1.82, 2.24) is 15.2 Å². The van der Waals surface area contributed by atoms with Gasteiger partial charge in [-0.15, -0.1) is 0 Å². The molecule has 0 saturated heterocycles. The summed E-state index contributed by atoms with van der Waals surface area (Å²) < 4.78 is 0. The van der Waals surface area contributed by atoms with Gasteiger partial charge in [-0.1, -0.05) is 0 Å². The van der Waals surface area contributed by atoms with Gasteiger partial charge in [-0.25, -0.2) is 0 Å². The fraction of sp³-hybridized carbons (Fsp3) is 0.100. The third-order valence-corrected chi connectivity index (χ3v) is 2.08. The van der Waals surface area contributed by atoms with Gasteiger partial charge < -0.3 is 4.90 Å². The Labute approximate surface area is 86.8 Å². The molecule has 15 heavy (non-hydrogen) atoms. The molecular formula is C10H10N4O. The van der Waals surface area contributed by atoms with Crippen LogP contribution >= 0.6 is 0 Å². The normalized spacial score (nSPS) is 9.93. The second-order valence-corrected chi connectivity index (χ2v) is 3.06. The minimum atomic E-state index is -0.114. The van der Waals surface area contributed by atoms with Crippen LogP contribution in [0.25, 0.3) is 0 Å². The number of anilines is 1. The van der Waals surface area contributed by atoms with Crippen LogP contribution in [0.2, 0.25) is 0 Å². The summed E-state index contributed by atoms with van der Waals surface area (Å²) in [7, 11) is 1.70. The average Bonchev–Trinajstić information content (AvgIpc) is 2.82. The lowest BCUT2D eigenvalue weighted by atomic mass is 10.3. The fourth-order valence-corrected chi connectivity index (χ4v) is 1.23. The van der Waals surface area contributed by atoms with Crippen LogP contribution in [0, 0.1) is 0 Å². The molecule has 0 saturated carbocycles. The molecule has 2 rings (SSSR count). The standard InChI is InChI=1S/C10H10N4O/c1-14(9-3-2-4-11-7-9)10(15)8-5-12-13-6-8/h2-7H,1H3,(H,12,13). The average molecular weight is 202 g/mol. The Balaban J connectivity index is 2.23. The van der Waals surface area contributed by atoms with E-state index in [-0.39, 0.29) is 5.91 Å². The monoisotopic (exact) mass is 202 g/mol. The van der Waals surface area contributed by atoms with Crippen molar-refractivity contribution in [3.63, 3.8) is 0 Å². The molecule has 2 heterocycles. The van der Waals surface area contributed by atoms with Crippen molar-refractivity contribution in [2.75, 3.05) is 11.9 Å². The van der Waals surface area contributed by atoms with Gasteiger partial charge in [-0.3, -0.25) is 14.9 Å². The highest BCUT2D eigenvalue weighted by Crippen LogP contribution is 2.12. The Hall–Kier alpha value is -2.17. The number of pyridine rings is 1. The third-order valence-electron chi connectivity index (χ3n) is 2.08. The Bertz CT molecular complexity index is 438. The zero-order chi connectivity index (χ0) is 10.7. The van der Waals surface area contributed by atoms with Crippen LogP contribution < -0.4 is 4.90 Å². The Morgan fingerprint density at radius 3 is 2.93 bits per heavy atom. The summed E-state index contributed by atoms with van der Waals surface area (Å²) in [6.07, 6.45) is 6.36. The van der Waals surface area contributed by atoms with E-state index in [0.29, 0.717) is 5.56 Å². The Kier molecular flexibility index (Phi) is 2.45. The summed E-state index contributed by atoms with van der Waals surface area (Å²) in [6.45, 7) is 0. The molecule has 2 aromatic rings. The largest absolute Gasteiger partial charge is 0.310 e. The molecule has 76 valence electrons. The number of carbonyl (C=O) groups is 1. The van der Waals surface area contributed by atoms with Gasteiger partial charge in [0.05, 0.1) is 23.6 Å². The van der Waals surface area contributed by atoms with Gasteiger partial charge in [0.15, 0.2) is 0 Å². The van der Waals surface area contributed by atoms with Crippen molar-refractivity contribution in [1.29, 1.82) is 0 Å². The number of hydrogen-bond donors (Lipinski definition) is 1. The first kappa shape index (κ1) is 9.39. The van der Waals surface area contributed by atoms with Crippen LogP contribution in [0.4, 0.5) is 5.69 Å². The van der Waals surface area contributed by atoms with Crippen molar-refractivity contribution in [2.45, 2.75) is 0 Å². The third kappa shape index (κ3) is 1.85. The number of amides is 1. The van der Waals surface area contributed by atoms with Gasteiger partial charge in [0, 0.05) is 19.4 Å². The maximum absolute atomic E-state index is 11.8. The smallest absolute Gasteiger partial charge is 0.261 e. The molecule has 0 aliphatic carbocycles. The SMILES string of the molecule is CN(C(=O)c1cn[nH]c1)c1cccnc1.